The molecular weight excluding hydrogens is 208 g/mol. The molecule has 0 radical (unpaired) electrons. The Kier molecular flexibility index (Phi) is 3.08. The van der Waals surface area contributed by atoms with Gasteiger partial charge in [0.25, 0.3) is 0 Å². The van der Waals surface area contributed by atoms with Gasteiger partial charge in [0.1, 0.15) is 0 Å². The Balaban J connectivity index is 1.95. The summed E-state index contributed by atoms with van der Waals surface area (Å²) < 4.78 is 0. The van der Waals surface area contributed by atoms with E-state index in [1.165, 1.54) is 31.0 Å². The molecule has 2 bridgehead atoms. The summed E-state index contributed by atoms with van der Waals surface area (Å²) in [5, 5.41) is 0. The first-order valence-electron chi connectivity index (χ1n) is 6.04. The molecule has 2 heteroatoms. The van der Waals surface area contributed by atoms with Gasteiger partial charge in [-0.3, -0.25) is 0 Å². The van der Waals surface area contributed by atoms with Crippen molar-refractivity contribution in [1.29, 1.82) is 0 Å². The zero-order chi connectivity index (χ0) is 10.2. The van der Waals surface area contributed by atoms with Crippen molar-refractivity contribution in [2.75, 3.05) is 0 Å². The van der Waals surface area contributed by atoms with E-state index in [0.717, 1.165) is 17.8 Å². The monoisotopic (exact) mass is 228 g/mol. The summed E-state index contributed by atoms with van der Waals surface area (Å²) in [6, 6.07) is 3.87. The van der Waals surface area contributed by atoms with Gasteiger partial charge in [-0.2, -0.15) is 11.1 Å². The van der Waals surface area contributed by atoms with Gasteiger partial charge in [0.15, 0.2) is 7.38 Å². The summed E-state index contributed by atoms with van der Waals surface area (Å²) in [4.78, 5) is 0. The van der Waals surface area contributed by atoms with Crippen LogP contribution in [0.4, 0.5) is 0 Å². The topological polar surface area (TPSA) is 0 Å². The van der Waals surface area contributed by atoms with Crippen molar-refractivity contribution < 1.29 is 0 Å². The van der Waals surface area contributed by atoms with Crippen LogP contribution in [0.5, 0.6) is 0 Å². The second-order valence-corrected chi connectivity index (χ2v) is 11.6. The van der Waals surface area contributed by atoms with Gasteiger partial charge in [-0.25, -0.2) is 0 Å². The van der Waals surface area contributed by atoms with Crippen molar-refractivity contribution in [2.24, 2.45) is 17.8 Å². The lowest BCUT2D eigenvalue weighted by molar-refractivity contribution is 0.487. The fraction of sp³-hybridized carbons (Fsp3) is 0.833. The van der Waals surface area contributed by atoms with Gasteiger partial charge < -0.3 is 0 Å². The molecule has 1 saturated carbocycles. The molecule has 3 atom stereocenters. The number of allylic oxidation sites excluding steroid dienone is 2. The second-order valence-electron chi connectivity index (χ2n) is 5.10. The molecule has 0 aromatic heterocycles. The van der Waals surface area contributed by atoms with Gasteiger partial charge in [-0.15, -0.1) is 0 Å². The predicted octanol–water partition coefficient (Wildman–Crippen LogP) is 4.42. The molecule has 2 aliphatic rings. The Bertz CT molecular complexity index is 232. The standard InChI is InChI=1S/C12H21ClSi/c1-3-14(13,4-2)9-12-8-10-5-6-11(12)7-10/h5-6,10-12H,3-4,7-9H2,1-2H3. The molecule has 14 heavy (non-hydrogen) atoms. The fourth-order valence-corrected chi connectivity index (χ4v) is 6.22. The smallest absolute Gasteiger partial charge is 0.156 e. The number of halogens is 1. The van der Waals surface area contributed by atoms with Crippen LogP contribution in [0.1, 0.15) is 26.7 Å². The molecule has 0 amide bonds. The first-order valence-corrected chi connectivity index (χ1v) is 9.67. The molecule has 0 nitrogen and oxygen atoms in total. The highest BCUT2D eigenvalue weighted by Gasteiger charge is 2.40. The molecule has 0 spiro atoms. The summed E-state index contributed by atoms with van der Waals surface area (Å²) >= 11 is 6.74. The van der Waals surface area contributed by atoms with Gasteiger partial charge >= 0.3 is 0 Å². The van der Waals surface area contributed by atoms with Crippen LogP contribution in [-0.2, 0) is 0 Å². The maximum Gasteiger partial charge on any atom is 0.156 e. The maximum absolute atomic E-state index is 6.74. The summed E-state index contributed by atoms with van der Waals surface area (Å²) in [5.41, 5.74) is 0. The van der Waals surface area contributed by atoms with Crippen molar-refractivity contribution in [3.63, 3.8) is 0 Å². The fourth-order valence-electron chi connectivity index (χ4n) is 3.14. The highest BCUT2D eigenvalue weighted by atomic mass is 35.6. The zero-order valence-electron chi connectivity index (χ0n) is 9.30. The highest BCUT2D eigenvalue weighted by Crippen LogP contribution is 2.48. The lowest BCUT2D eigenvalue weighted by atomic mass is 9.96. The highest BCUT2D eigenvalue weighted by molar-refractivity contribution is 7.20. The summed E-state index contributed by atoms with van der Waals surface area (Å²) in [5.74, 6) is 2.74. The number of hydrogen-bond donors (Lipinski definition) is 0. The van der Waals surface area contributed by atoms with E-state index in [9.17, 15) is 0 Å². The van der Waals surface area contributed by atoms with Crippen LogP contribution >= 0.6 is 11.1 Å². The van der Waals surface area contributed by atoms with Gasteiger partial charge in [0.2, 0.25) is 0 Å². The number of rotatable bonds is 4. The van der Waals surface area contributed by atoms with Crippen LogP contribution in [0.2, 0.25) is 18.1 Å². The molecule has 0 N–H and O–H groups in total. The molecule has 0 heterocycles. The summed E-state index contributed by atoms with van der Waals surface area (Å²) in [6.45, 7) is 4.57. The first kappa shape index (κ1) is 10.8. The van der Waals surface area contributed by atoms with E-state index in [1.54, 1.807) is 0 Å². The minimum atomic E-state index is -1.36. The lowest BCUT2D eigenvalue weighted by Crippen LogP contribution is -2.29. The molecular formula is C12H21ClSi. The van der Waals surface area contributed by atoms with Crippen LogP contribution in [0, 0.1) is 17.8 Å². The Hall–Kier alpha value is 0.247. The van der Waals surface area contributed by atoms with E-state index < -0.39 is 7.38 Å². The Morgan fingerprint density at radius 1 is 1.21 bits per heavy atom. The van der Waals surface area contributed by atoms with E-state index in [4.69, 9.17) is 11.1 Å². The molecule has 3 unspecified atom stereocenters. The number of hydrogen-bond acceptors (Lipinski definition) is 0. The molecule has 2 aliphatic carbocycles. The molecule has 0 aromatic rings. The Morgan fingerprint density at radius 3 is 2.36 bits per heavy atom. The molecule has 0 aliphatic heterocycles. The van der Waals surface area contributed by atoms with Crippen molar-refractivity contribution in [2.45, 2.75) is 44.8 Å². The third-order valence-electron chi connectivity index (χ3n) is 4.31. The van der Waals surface area contributed by atoms with Crippen LogP contribution in [0.25, 0.3) is 0 Å². The van der Waals surface area contributed by atoms with Crippen LogP contribution in [0.15, 0.2) is 12.2 Å². The molecule has 80 valence electrons. The minimum absolute atomic E-state index is 0.892. The van der Waals surface area contributed by atoms with E-state index in [0.29, 0.717) is 0 Å². The van der Waals surface area contributed by atoms with Crippen molar-refractivity contribution in [3.8, 4) is 0 Å². The van der Waals surface area contributed by atoms with Crippen molar-refractivity contribution >= 4 is 18.5 Å². The first-order chi connectivity index (χ1) is 6.67. The van der Waals surface area contributed by atoms with E-state index in [-0.39, 0.29) is 0 Å². The van der Waals surface area contributed by atoms with Crippen LogP contribution < -0.4 is 0 Å². The third-order valence-corrected chi connectivity index (χ3v) is 10.2. The average molecular weight is 229 g/mol. The normalized spacial score (nSPS) is 35.5. The largest absolute Gasteiger partial charge is 0.167 e. The third kappa shape index (κ3) is 1.94. The van der Waals surface area contributed by atoms with E-state index >= 15 is 0 Å². The van der Waals surface area contributed by atoms with Crippen molar-refractivity contribution in [3.05, 3.63) is 12.2 Å². The summed E-state index contributed by atoms with van der Waals surface area (Å²) in [7, 11) is -1.36. The molecule has 0 saturated heterocycles. The van der Waals surface area contributed by atoms with Gasteiger partial charge in [0, 0.05) is 0 Å². The Morgan fingerprint density at radius 2 is 1.93 bits per heavy atom. The van der Waals surface area contributed by atoms with Crippen molar-refractivity contribution in [1.82, 2.24) is 0 Å². The van der Waals surface area contributed by atoms with E-state index in [1.807, 2.05) is 0 Å². The number of fused-ring (bicyclic) bond motifs is 2. The van der Waals surface area contributed by atoms with Crippen LogP contribution in [-0.4, -0.2) is 7.38 Å². The Labute approximate surface area is 93.4 Å². The van der Waals surface area contributed by atoms with E-state index in [2.05, 4.69) is 26.0 Å². The van der Waals surface area contributed by atoms with Gasteiger partial charge in [-0.1, -0.05) is 26.0 Å². The van der Waals surface area contributed by atoms with Gasteiger partial charge in [-0.05, 0) is 48.7 Å². The molecule has 2 rings (SSSR count). The molecule has 0 aromatic carbocycles. The predicted molar refractivity (Wildman–Crippen MR) is 66.2 cm³/mol. The summed E-state index contributed by atoms with van der Waals surface area (Å²) in [6.07, 6.45) is 7.74. The second kappa shape index (κ2) is 4.01. The SMILES string of the molecule is CC[Si](Cl)(CC)CC1CC2C=CC1C2. The van der Waals surface area contributed by atoms with Crippen LogP contribution in [0.3, 0.4) is 0 Å². The average Bonchev–Trinajstić information content (AvgIpc) is 2.79. The van der Waals surface area contributed by atoms with Gasteiger partial charge in [0.05, 0.1) is 0 Å². The quantitative estimate of drug-likeness (QED) is 0.380. The maximum atomic E-state index is 6.74. The minimum Gasteiger partial charge on any atom is -0.167 e. The molecule has 1 fully saturated rings. The zero-order valence-corrected chi connectivity index (χ0v) is 11.1. The lowest BCUT2D eigenvalue weighted by Gasteiger charge is -2.28.